The molecule has 0 aliphatic heterocycles. The second-order valence-corrected chi connectivity index (χ2v) is 8.59. The van der Waals surface area contributed by atoms with Gasteiger partial charge >= 0.3 is 0 Å². The molecule has 0 aliphatic rings. The van der Waals surface area contributed by atoms with Crippen LogP contribution in [0.4, 0.5) is 0 Å². The summed E-state index contributed by atoms with van der Waals surface area (Å²) in [5, 5.41) is 0. The predicted octanol–water partition coefficient (Wildman–Crippen LogP) is 8.46. The first-order valence-electron chi connectivity index (χ1n) is 12.4. The van der Waals surface area contributed by atoms with Crippen LogP contribution in [0.25, 0.3) is 0 Å². The molecule has 1 rings (SSSR count). The van der Waals surface area contributed by atoms with Crippen molar-refractivity contribution in [3.8, 4) is 5.75 Å². The van der Waals surface area contributed by atoms with Crippen molar-refractivity contribution < 1.29 is 9.53 Å². The molecule has 0 saturated carbocycles. The van der Waals surface area contributed by atoms with Gasteiger partial charge in [0, 0.05) is 12.8 Å². The van der Waals surface area contributed by atoms with Gasteiger partial charge in [-0.2, -0.15) is 0 Å². The number of carbonyl (C=O) groups excluding carboxylic acids is 1. The van der Waals surface area contributed by atoms with Crippen LogP contribution in [-0.2, 0) is 11.2 Å². The Hall–Kier alpha value is -1.31. The number of rotatable bonds is 20. The molecule has 0 amide bonds. The Labute approximate surface area is 180 Å². The van der Waals surface area contributed by atoms with Crippen LogP contribution in [0.2, 0.25) is 0 Å². The van der Waals surface area contributed by atoms with Crippen LogP contribution in [0.1, 0.15) is 122 Å². The van der Waals surface area contributed by atoms with Crippen LogP contribution < -0.4 is 4.74 Å². The second kappa shape index (κ2) is 18.7. The molecule has 0 atom stereocenters. The SMILES string of the molecule is CCCCCCCCCCCCCCCCCC(=O)CCc1ccc(OC)cc1. The third-order valence-corrected chi connectivity index (χ3v) is 5.91. The molecule has 0 unspecified atom stereocenters. The minimum atomic E-state index is 0.413. The molecule has 1 aromatic rings. The van der Waals surface area contributed by atoms with Gasteiger partial charge < -0.3 is 4.74 Å². The lowest BCUT2D eigenvalue weighted by Gasteiger charge is -2.04. The van der Waals surface area contributed by atoms with Gasteiger partial charge in [0.1, 0.15) is 11.5 Å². The zero-order valence-corrected chi connectivity index (χ0v) is 19.4. The van der Waals surface area contributed by atoms with E-state index >= 15 is 0 Å². The number of ketones is 1. The van der Waals surface area contributed by atoms with E-state index in [0.717, 1.165) is 25.0 Å². The summed E-state index contributed by atoms with van der Waals surface area (Å²) in [6.07, 6.45) is 22.8. The number of hydrogen-bond acceptors (Lipinski definition) is 2. The fourth-order valence-corrected chi connectivity index (χ4v) is 3.89. The monoisotopic (exact) mass is 402 g/mol. The van der Waals surface area contributed by atoms with E-state index in [0.29, 0.717) is 12.2 Å². The molecule has 29 heavy (non-hydrogen) atoms. The first-order chi connectivity index (χ1) is 14.3. The van der Waals surface area contributed by atoms with E-state index in [1.165, 1.54) is 95.5 Å². The van der Waals surface area contributed by atoms with Crippen LogP contribution in [-0.4, -0.2) is 12.9 Å². The minimum absolute atomic E-state index is 0.413. The molecule has 166 valence electrons. The maximum Gasteiger partial charge on any atom is 0.133 e. The molecule has 0 fully saturated rings. The molecular weight excluding hydrogens is 356 g/mol. The highest BCUT2D eigenvalue weighted by Crippen LogP contribution is 2.15. The second-order valence-electron chi connectivity index (χ2n) is 8.59. The molecule has 0 saturated heterocycles. The van der Waals surface area contributed by atoms with Gasteiger partial charge in [-0.3, -0.25) is 4.79 Å². The van der Waals surface area contributed by atoms with Crippen LogP contribution in [0.5, 0.6) is 5.75 Å². The molecule has 1 aromatic carbocycles. The maximum atomic E-state index is 12.0. The van der Waals surface area contributed by atoms with E-state index < -0.39 is 0 Å². The summed E-state index contributed by atoms with van der Waals surface area (Å²) in [6, 6.07) is 8.04. The molecule has 0 N–H and O–H groups in total. The Kier molecular flexibility index (Phi) is 16.6. The standard InChI is InChI=1S/C27H46O2/c1-3-4-5-6-7-8-9-10-11-12-13-14-15-16-17-18-26(28)22-19-25-20-23-27(29-2)24-21-25/h20-21,23-24H,3-19,22H2,1-2H3. The highest BCUT2D eigenvalue weighted by Gasteiger charge is 2.03. The summed E-state index contributed by atoms with van der Waals surface area (Å²) in [6.45, 7) is 2.28. The topological polar surface area (TPSA) is 26.3 Å². The van der Waals surface area contributed by atoms with Crippen LogP contribution in [0, 0.1) is 0 Å². The molecule has 0 heterocycles. The van der Waals surface area contributed by atoms with Crippen LogP contribution in [0.3, 0.4) is 0 Å². The Balaban J connectivity index is 1.82. The lowest BCUT2D eigenvalue weighted by Crippen LogP contribution is -2.00. The van der Waals surface area contributed by atoms with Crippen molar-refractivity contribution in [2.75, 3.05) is 7.11 Å². The van der Waals surface area contributed by atoms with Gasteiger partial charge in [-0.15, -0.1) is 0 Å². The van der Waals surface area contributed by atoms with Gasteiger partial charge in [0.15, 0.2) is 0 Å². The van der Waals surface area contributed by atoms with Gasteiger partial charge in [0.2, 0.25) is 0 Å². The van der Waals surface area contributed by atoms with Gasteiger partial charge in [0.05, 0.1) is 7.11 Å². The molecule has 0 spiro atoms. The highest BCUT2D eigenvalue weighted by molar-refractivity contribution is 5.78. The summed E-state index contributed by atoms with van der Waals surface area (Å²) in [7, 11) is 1.68. The number of aryl methyl sites for hydroxylation is 1. The van der Waals surface area contributed by atoms with Gasteiger partial charge in [-0.1, -0.05) is 109 Å². The zero-order valence-electron chi connectivity index (χ0n) is 19.4. The number of methoxy groups -OCH3 is 1. The van der Waals surface area contributed by atoms with E-state index in [1.807, 2.05) is 12.1 Å². The van der Waals surface area contributed by atoms with E-state index in [9.17, 15) is 4.79 Å². The van der Waals surface area contributed by atoms with Gasteiger partial charge in [-0.25, -0.2) is 0 Å². The summed E-state index contributed by atoms with van der Waals surface area (Å²) in [5.74, 6) is 1.29. The van der Waals surface area contributed by atoms with Crippen LogP contribution >= 0.6 is 0 Å². The van der Waals surface area contributed by atoms with Crippen molar-refractivity contribution in [3.05, 3.63) is 29.8 Å². The summed E-state index contributed by atoms with van der Waals surface area (Å²) in [5.41, 5.74) is 1.22. The largest absolute Gasteiger partial charge is 0.497 e. The van der Waals surface area contributed by atoms with Crippen molar-refractivity contribution in [2.24, 2.45) is 0 Å². The fraction of sp³-hybridized carbons (Fsp3) is 0.741. The number of benzene rings is 1. The Morgan fingerprint density at radius 1 is 0.655 bits per heavy atom. The number of Topliss-reactive ketones (excluding diaryl/α,β-unsaturated/α-hetero) is 1. The van der Waals surface area contributed by atoms with Gasteiger partial charge in [0.25, 0.3) is 0 Å². The zero-order chi connectivity index (χ0) is 21.0. The maximum absolute atomic E-state index is 12.0. The lowest BCUT2D eigenvalue weighted by molar-refractivity contribution is -0.119. The third kappa shape index (κ3) is 15.2. The molecule has 0 aliphatic carbocycles. The quantitative estimate of drug-likeness (QED) is 0.204. The van der Waals surface area contributed by atoms with Crippen molar-refractivity contribution in [1.29, 1.82) is 0 Å². The molecule has 2 nitrogen and oxygen atoms in total. The number of carbonyl (C=O) groups is 1. The summed E-state index contributed by atoms with van der Waals surface area (Å²) in [4.78, 5) is 12.0. The van der Waals surface area contributed by atoms with Crippen molar-refractivity contribution in [3.63, 3.8) is 0 Å². The predicted molar refractivity (Wildman–Crippen MR) is 126 cm³/mol. The lowest BCUT2D eigenvalue weighted by atomic mass is 10.0. The first-order valence-corrected chi connectivity index (χ1v) is 12.4. The van der Waals surface area contributed by atoms with Gasteiger partial charge in [-0.05, 0) is 30.5 Å². The van der Waals surface area contributed by atoms with E-state index in [2.05, 4.69) is 19.1 Å². The average Bonchev–Trinajstić information content (AvgIpc) is 2.75. The molecule has 0 aromatic heterocycles. The van der Waals surface area contributed by atoms with Crippen molar-refractivity contribution in [1.82, 2.24) is 0 Å². The number of hydrogen-bond donors (Lipinski definition) is 0. The van der Waals surface area contributed by atoms with E-state index in [-0.39, 0.29) is 0 Å². The highest BCUT2D eigenvalue weighted by atomic mass is 16.5. The third-order valence-electron chi connectivity index (χ3n) is 5.91. The Bertz CT molecular complexity index is 492. The molecule has 2 heteroatoms. The van der Waals surface area contributed by atoms with Crippen LogP contribution in [0.15, 0.2) is 24.3 Å². The molecule has 0 radical (unpaired) electrons. The first kappa shape index (κ1) is 25.7. The van der Waals surface area contributed by atoms with Crippen molar-refractivity contribution >= 4 is 5.78 Å². The molecule has 0 bridgehead atoms. The summed E-state index contributed by atoms with van der Waals surface area (Å²) < 4.78 is 5.17. The van der Waals surface area contributed by atoms with E-state index in [1.54, 1.807) is 7.11 Å². The van der Waals surface area contributed by atoms with Crippen molar-refractivity contribution in [2.45, 2.75) is 122 Å². The minimum Gasteiger partial charge on any atom is -0.497 e. The fourth-order valence-electron chi connectivity index (χ4n) is 3.89. The Morgan fingerprint density at radius 2 is 1.10 bits per heavy atom. The Morgan fingerprint density at radius 3 is 1.55 bits per heavy atom. The van der Waals surface area contributed by atoms with E-state index in [4.69, 9.17) is 4.74 Å². The molecular formula is C27H46O2. The number of unbranched alkanes of at least 4 members (excludes halogenated alkanes) is 14. The average molecular weight is 403 g/mol. The smallest absolute Gasteiger partial charge is 0.133 e. The summed E-state index contributed by atoms with van der Waals surface area (Å²) >= 11 is 0. The number of ether oxygens (including phenoxy) is 1. The normalized spacial score (nSPS) is 11.0.